The molecule has 3 rings (SSSR count). The summed E-state index contributed by atoms with van der Waals surface area (Å²) in [5.41, 5.74) is 0.525. The van der Waals surface area contributed by atoms with Crippen molar-refractivity contribution in [2.45, 2.75) is 44.9 Å². The van der Waals surface area contributed by atoms with Gasteiger partial charge in [0.2, 0.25) is 11.3 Å². The molecule has 23 heavy (non-hydrogen) atoms. The molecular formula is C17H21N3O3. The number of rotatable bonds is 4. The van der Waals surface area contributed by atoms with Crippen molar-refractivity contribution in [1.29, 1.82) is 0 Å². The van der Waals surface area contributed by atoms with Gasteiger partial charge >= 0.3 is 0 Å². The first kappa shape index (κ1) is 15.7. The van der Waals surface area contributed by atoms with Gasteiger partial charge in [0.25, 0.3) is 0 Å². The van der Waals surface area contributed by atoms with Gasteiger partial charge in [-0.2, -0.15) is 5.10 Å². The maximum Gasteiger partial charge on any atom is 0.244 e. The van der Waals surface area contributed by atoms with E-state index >= 15 is 0 Å². The van der Waals surface area contributed by atoms with E-state index in [0.717, 1.165) is 12.8 Å². The van der Waals surface area contributed by atoms with E-state index in [-0.39, 0.29) is 23.9 Å². The number of aliphatic hydroxyl groups is 1. The number of nitrogens with zero attached hydrogens (tertiary/aromatic N) is 3. The standard InChI is InChI=1S/C17H21N3O3/c1-12(21)9-13-5-4-8-19(13)17(23)11-20-15-7-3-2-6-14(15)16(22)10-18-20/h2-3,6-7,10,12-13,21H,4-5,8-9,11H2,1H3. The molecule has 2 atom stereocenters. The van der Waals surface area contributed by atoms with Gasteiger partial charge in [-0.25, -0.2) is 0 Å². The van der Waals surface area contributed by atoms with Crippen molar-refractivity contribution in [3.63, 3.8) is 0 Å². The minimum atomic E-state index is -0.417. The molecule has 6 nitrogen and oxygen atoms in total. The second-order valence-corrected chi connectivity index (χ2v) is 6.15. The van der Waals surface area contributed by atoms with Crippen molar-refractivity contribution in [2.24, 2.45) is 0 Å². The number of para-hydroxylation sites is 1. The molecule has 1 aromatic heterocycles. The van der Waals surface area contributed by atoms with Gasteiger partial charge in [0.05, 0.1) is 17.8 Å². The molecule has 0 saturated carbocycles. The van der Waals surface area contributed by atoms with Gasteiger partial charge < -0.3 is 10.0 Å². The fourth-order valence-electron chi connectivity index (χ4n) is 3.31. The maximum atomic E-state index is 12.6. The zero-order valence-corrected chi connectivity index (χ0v) is 13.2. The number of hydrogen-bond donors (Lipinski definition) is 1. The predicted octanol–water partition coefficient (Wildman–Crippen LogP) is 1.16. The summed E-state index contributed by atoms with van der Waals surface area (Å²) in [5.74, 6) is -0.0190. The van der Waals surface area contributed by atoms with E-state index in [0.29, 0.717) is 23.9 Å². The second-order valence-electron chi connectivity index (χ2n) is 6.15. The van der Waals surface area contributed by atoms with Crippen LogP contribution in [0.2, 0.25) is 0 Å². The van der Waals surface area contributed by atoms with Gasteiger partial charge in [-0.3, -0.25) is 14.3 Å². The largest absolute Gasteiger partial charge is 0.393 e. The Morgan fingerprint density at radius 3 is 3.00 bits per heavy atom. The minimum absolute atomic E-state index is 0.0190. The summed E-state index contributed by atoms with van der Waals surface area (Å²) in [6.45, 7) is 2.57. The fraction of sp³-hybridized carbons (Fsp3) is 0.471. The molecule has 122 valence electrons. The van der Waals surface area contributed by atoms with Crippen LogP contribution < -0.4 is 5.43 Å². The third-order valence-electron chi connectivity index (χ3n) is 4.36. The molecule has 2 unspecified atom stereocenters. The summed E-state index contributed by atoms with van der Waals surface area (Å²) in [7, 11) is 0. The average molecular weight is 315 g/mol. The molecule has 1 N–H and O–H groups in total. The smallest absolute Gasteiger partial charge is 0.244 e. The van der Waals surface area contributed by atoms with E-state index in [1.807, 2.05) is 11.0 Å². The number of benzene rings is 1. The number of likely N-dealkylation sites (tertiary alicyclic amines) is 1. The summed E-state index contributed by atoms with van der Waals surface area (Å²) >= 11 is 0. The molecule has 1 aliphatic heterocycles. The van der Waals surface area contributed by atoms with Crippen LogP contribution in [0.3, 0.4) is 0 Å². The highest BCUT2D eigenvalue weighted by atomic mass is 16.3. The number of amides is 1. The van der Waals surface area contributed by atoms with Gasteiger partial charge in [0.1, 0.15) is 6.54 Å². The number of carbonyl (C=O) groups is 1. The molecule has 2 aromatic rings. The van der Waals surface area contributed by atoms with Crippen LogP contribution in [0.25, 0.3) is 10.9 Å². The Labute approximate surface area is 134 Å². The first-order valence-corrected chi connectivity index (χ1v) is 7.98. The fourth-order valence-corrected chi connectivity index (χ4v) is 3.31. The first-order valence-electron chi connectivity index (χ1n) is 7.98. The van der Waals surface area contributed by atoms with E-state index in [1.165, 1.54) is 6.20 Å². The monoisotopic (exact) mass is 315 g/mol. The van der Waals surface area contributed by atoms with Crippen molar-refractivity contribution in [3.05, 3.63) is 40.7 Å². The highest BCUT2D eigenvalue weighted by Crippen LogP contribution is 2.22. The van der Waals surface area contributed by atoms with Crippen LogP contribution in [0, 0.1) is 0 Å². The molecular weight excluding hydrogens is 294 g/mol. The normalized spacial score (nSPS) is 19.2. The van der Waals surface area contributed by atoms with Crippen LogP contribution in [0.4, 0.5) is 0 Å². The molecule has 1 aliphatic rings. The highest BCUT2D eigenvalue weighted by molar-refractivity contribution is 5.81. The Hall–Kier alpha value is -2.21. The summed E-state index contributed by atoms with van der Waals surface area (Å²) in [6, 6.07) is 7.26. The Morgan fingerprint density at radius 1 is 1.43 bits per heavy atom. The van der Waals surface area contributed by atoms with Crippen LogP contribution in [0.5, 0.6) is 0 Å². The van der Waals surface area contributed by atoms with Crippen molar-refractivity contribution in [3.8, 4) is 0 Å². The molecule has 1 amide bonds. The number of fused-ring (bicyclic) bond motifs is 1. The number of carbonyl (C=O) groups excluding carboxylic acids is 1. The van der Waals surface area contributed by atoms with Crippen LogP contribution in [-0.2, 0) is 11.3 Å². The molecule has 1 aromatic carbocycles. The zero-order valence-electron chi connectivity index (χ0n) is 13.2. The van der Waals surface area contributed by atoms with Crippen molar-refractivity contribution in [2.75, 3.05) is 6.54 Å². The van der Waals surface area contributed by atoms with Crippen molar-refractivity contribution < 1.29 is 9.90 Å². The van der Waals surface area contributed by atoms with Gasteiger partial charge in [-0.1, -0.05) is 12.1 Å². The Bertz CT molecular complexity index is 769. The lowest BCUT2D eigenvalue weighted by Crippen LogP contribution is -2.39. The molecule has 0 spiro atoms. The lowest BCUT2D eigenvalue weighted by molar-refractivity contribution is -0.133. The molecule has 1 saturated heterocycles. The van der Waals surface area contributed by atoms with E-state index < -0.39 is 6.10 Å². The number of aliphatic hydroxyl groups excluding tert-OH is 1. The van der Waals surface area contributed by atoms with E-state index in [2.05, 4.69) is 5.10 Å². The quantitative estimate of drug-likeness (QED) is 0.918. The molecule has 0 radical (unpaired) electrons. The van der Waals surface area contributed by atoms with E-state index in [1.54, 1.807) is 29.8 Å². The maximum absolute atomic E-state index is 12.6. The van der Waals surface area contributed by atoms with Gasteiger partial charge in [0.15, 0.2) is 0 Å². The lowest BCUT2D eigenvalue weighted by Gasteiger charge is -2.26. The van der Waals surface area contributed by atoms with Gasteiger partial charge in [-0.05, 0) is 38.3 Å². The van der Waals surface area contributed by atoms with Crippen LogP contribution in [0.1, 0.15) is 26.2 Å². The third-order valence-corrected chi connectivity index (χ3v) is 4.36. The Kier molecular flexibility index (Phi) is 4.43. The SMILES string of the molecule is CC(O)CC1CCCN1C(=O)Cn1ncc(=O)c2ccccc21. The van der Waals surface area contributed by atoms with E-state index in [9.17, 15) is 14.7 Å². The van der Waals surface area contributed by atoms with Crippen molar-refractivity contribution >= 4 is 16.8 Å². The molecule has 0 aliphatic carbocycles. The third kappa shape index (κ3) is 3.27. The minimum Gasteiger partial charge on any atom is -0.393 e. The molecule has 1 fully saturated rings. The number of aromatic nitrogens is 2. The summed E-state index contributed by atoms with van der Waals surface area (Å²) in [6.07, 6.45) is 3.33. The van der Waals surface area contributed by atoms with Crippen molar-refractivity contribution in [1.82, 2.24) is 14.7 Å². The summed E-state index contributed by atoms with van der Waals surface area (Å²) in [5, 5.41) is 14.3. The first-order chi connectivity index (χ1) is 11.1. The van der Waals surface area contributed by atoms with Crippen LogP contribution in [-0.4, -0.2) is 44.4 Å². The second kappa shape index (κ2) is 6.50. The Morgan fingerprint density at radius 2 is 2.22 bits per heavy atom. The van der Waals surface area contributed by atoms with Gasteiger partial charge in [0, 0.05) is 18.0 Å². The van der Waals surface area contributed by atoms with Crippen LogP contribution >= 0.6 is 0 Å². The van der Waals surface area contributed by atoms with E-state index in [4.69, 9.17) is 0 Å². The molecule has 6 heteroatoms. The van der Waals surface area contributed by atoms with Gasteiger partial charge in [-0.15, -0.1) is 0 Å². The molecule has 2 heterocycles. The number of hydrogen-bond acceptors (Lipinski definition) is 4. The predicted molar refractivity (Wildman–Crippen MR) is 87.0 cm³/mol. The highest BCUT2D eigenvalue weighted by Gasteiger charge is 2.29. The summed E-state index contributed by atoms with van der Waals surface area (Å²) in [4.78, 5) is 26.3. The molecule has 0 bridgehead atoms. The lowest BCUT2D eigenvalue weighted by atomic mass is 10.1. The topological polar surface area (TPSA) is 75.4 Å². The summed E-state index contributed by atoms with van der Waals surface area (Å²) < 4.78 is 1.58. The Balaban J connectivity index is 1.83. The zero-order chi connectivity index (χ0) is 16.4. The average Bonchev–Trinajstić information content (AvgIpc) is 2.98. The van der Waals surface area contributed by atoms with Crippen LogP contribution in [0.15, 0.2) is 35.3 Å².